The summed E-state index contributed by atoms with van der Waals surface area (Å²) in [6.45, 7) is 5.76. The molecule has 0 aromatic heterocycles. The van der Waals surface area contributed by atoms with E-state index < -0.39 is 0 Å². The number of amides is 1. The molecule has 0 spiro atoms. The maximum atomic E-state index is 13.2. The molecule has 116 valence electrons. The van der Waals surface area contributed by atoms with Gasteiger partial charge < -0.3 is 10.2 Å². The molecule has 3 nitrogen and oxygen atoms in total. The van der Waals surface area contributed by atoms with Gasteiger partial charge in [-0.3, -0.25) is 4.79 Å². The van der Waals surface area contributed by atoms with Gasteiger partial charge in [0, 0.05) is 13.1 Å². The highest BCUT2D eigenvalue weighted by atomic mass is 19.1. The van der Waals surface area contributed by atoms with E-state index in [1.165, 1.54) is 25.0 Å². The largest absolute Gasteiger partial charge is 0.342 e. The Morgan fingerprint density at radius 2 is 2.33 bits per heavy atom. The lowest BCUT2D eigenvalue weighted by Gasteiger charge is -2.30. The number of benzene rings is 1. The Bertz CT molecular complexity index is 458. The first-order valence-corrected chi connectivity index (χ1v) is 7.92. The van der Waals surface area contributed by atoms with Crippen molar-refractivity contribution in [3.05, 3.63) is 35.6 Å². The SMILES string of the molecule is CCCN(CC1CCCNC1)C(=O)Cc1cccc(F)c1. The Kier molecular flexibility index (Phi) is 6.18. The molecule has 2 rings (SSSR count). The smallest absolute Gasteiger partial charge is 0.227 e. The van der Waals surface area contributed by atoms with Gasteiger partial charge in [-0.15, -0.1) is 0 Å². The zero-order valence-electron chi connectivity index (χ0n) is 12.8. The molecule has 1 saturated heterocycles. The van der Waals surface area contributed by atoms with Gasteiger partial charge in [-0.25, -0.2) is 4.39 Å². The Morgan fingerprint density at radius 3 is 3.00 bits per heavy atom. The van der Waals surface area contributed by atoms with Crippen LogP contribution < -0.4 is 5.32 Å². The number of hydrogen-bond acceptors (Lipinski definition) is 2. The molecule has 1 amide bonds. The van der Waals surface area contributed by atoms with Crippen molar-refractivity contribution in [3.8, 4) is 0 Å². The molecule has 1 N–H and O–H groups in total. The zero-order chi connectivity index (χ0) is 15.1. The summed E-state index contributed by atoms with van der Waals surface area (Å²) in [4.78, 5) is 14.4. The van der Waals surface area contributed by atoms with Crippen molar-refractivity contribution >= 4 is 5.91 Å². The van der Waals surface area contributed by atoms with E-state index in [9.17, 15) is 9.18 Å². The lowest BCUT2D eigenvalue weighted by molar-refractivity contribution is -0.131. The molecule has 0 saturated carbocycles. The lowest BCUT2D eigenvalue weighted by Crippen LogP contribution is -2.42. The Morgan fingerprint density at radius 1 is 1.48 bits per heavy atom. The normalized spacial score (nSPS) is 18.5. The number of halogens is 1. The fourth-order valence-corrected chi connectivity index (χ4v) is 2.91. The van der Waals surface area contributed by atoms with Crippen molar-refractivity contribution in [3.63, 3.8) is 0 Å². The molecular weight excluding hydrogens is 267 g/mol. The van der Waals surface area contributed by atoms with E-state index in [0.717, 1.165) is 38.2 Å². The second-order valence-corrected chi connectivity index (χ2v) is 5.86. The van der Waals surface area contributed by atoms with Crippen LogP contribution in [-0.2, 0) is 11.2 Å². The molecule has 0 radical (unpaired) electrons. The first kappa shape index (κ1) is 16.0. The van der Waals surface area contributed by atoms with Gasteiger partial charge in [0.15, 0.2) is 0 Å². The molecule has 21 heavy (non-hydrogen) atoms. The van der Waals surface area contributed by atoms with Gasteiger partial charge in [0.2, 0.25) is 5.91 Å². The van der Waals surface area contributed by atoms with Crippen molar-refractivity contribution < 1.29 is 9.18 Å². The quantitative estimate of drug-likeness (QED) is 0.874. The van der Waals surface area contributed by atoms with Crippen LogP contribution in [0.5, 0.6) is 0 Å². The average molecular weight is 292 g/mol. The molecule has 1 aromatic carbocycles. The van der Waals surface area contributed by atoms with Crippen LogP contribution in [0, 0.1) is 11.7 Å². The molecule has 1 fully saturated rings. The molecule has 1 heterocycles. The number of carbonyl (C=O) groups excluding carboxylic acids is 1. The fourth-order valence-electron chi connectivity index (χ4n) is 2.91. The third-order valence-corrected chi connectivity index (χ3v) is 3.97. The first-order chi connectivity index (χ1) is 10.2. The van der Waals surface area contributed by atoms with Gasteiger partial charge in [-0.1, -0.05) is 19.1 Å². The molecule has 1 aliphatic rings. The van der Waals surface area contributed by atoms with E-state index in [0.29, 0.717) is 5.92 Å². The summed E-state index contributed by atoms with van der Waals surface area (Å²) in [6.07, 6.45) is 3.61. The number of piperidine rings is 1. The van der Waals surface area contributed by atoms with Crippen molar-refractivity contribution in [1.82, 2.24) is 10.2 Å². The van der Waals surface area contributed by atoms with Crippen LogP contribution in [0.2, 0.25) is 0 Å². The third kappa shape index (κ3) is 5.12. The number of rotatable bonds is 6. The molecule has 0 aliphatic carbocycles. The van der Waals surface area contributed by atoms with E-state index in [4.69, 9.17) is 0 Å². The molecule has 1 unspecified atom stereocenters. The van der Waals surface area contributed by atoms with Crippen LogP contribution in [0.15, 0.2) is 24.3 Å². The highest BCUT2D eigenvalue weighted by Crippen LogP contribution is 2.14. The predicted molar refractivity (Wildman–Crippen MR) is 82.6 cm³/mol. The Hall–Kier alpha value is -1.42. The lowest BCUT2D eigenvalue weighted by atomic mass is 9.98. The first-order valence-electron chi connectivity index (χ1n) is 7.92. The van der Waals surface area contributed by atoms with Crippen LogP contribution >= 0.6 is 0 Å². The van der Waals surface area contributed by atoms with Gasteiger partial charge in [0.05, 0.1) is 6.42 Å². The van der Waals surface area contributed by atoms with Crippen LogP contribution in [-0.4, -0.2) is 37.0 Å². The van der Waals surface area contributed by atoms with Crippen LogP contribution in [0.25, 0.3) is 0 Å². The summed E-state index contributed by atoms with van der Waals surface area (Å²) in [7, 11) is 0. The summed E-state index contributed by atoms with van der Waals surface area (Å²) in [5.41, 5.74) is 0.753. The number of hydrogen-bond donors (Lipinski definition) is 1. The molecule has 4 heteroatoms. The maximum absolute atomic E-state index is 13.2. The van der Waals surface area contributed by atoms with Gasteiger partial charge in [-0.2, -0.15) is 0 Å². The topological polar surface area (TPSA) is 32.3 Å². The van der Waals surface area contributed by atoms with Crippen LogP contribution in [0.1, 0.15) is 31.7 Å². The summed E-state index contributed by atoms with van der Waals surface area (Å²) in [5.74, 6) is 0.369. The van der Waals surface area contributed by atoms with Crippen molar-refractivity contribution in [2.24, 2.45) is 5.92 Å². The van der Waals surface area contributed by atoms with Gasteiger partial charge in [-0.05, 0) is 56.0 Å². The number of nitrogens with zero attached hydrogens (tertiary/aromatic N) is 1. The zero-order valence-corrected chi connectivity index (χ0v) is 12.8. The van der Waals surface area contributed by atoms with Crippen molar-refractivity contribution in [1.29, 1.82) is 0 Å². The molecule has 1 aliphatic heterocycles. The van der Waals surface area contributed by atoms with Crippen LogP contribution in [0.4, 0.5) is 4.39 Å². The van der Waals surface area contributed by atoms with E-state index in [1.54, 1.807) is 6.07 Å². The minimum Gasteiger partial charge on any atom is -0.342 e. The van der Waals surface area contributed by atoms with Crippen LogP contribution in [0.3, 0.4) is 0 Å². The Labute approximate surface area is 126 Å². The number of carbonyl (C=O) groups is 1. The average Bonchev–Trinajstić information content (AvgIpc) is 2.48. The highest BCUT2D eigenvalue weighted by Gasteiger charge is 2.20. The van der Waals surface area contributed by atoms with Gasteiger partial charge in [0.25, 0.3) is 0 Å². The minimum absolute atomic E-state index is 0.105. The fraction of sp³-hybridized carbons (Fsp3) is 0.588. The van der Waals surface area contributed by atoms with E-state index in [1.807, 2.05) is 11.0 Å². The predicted octanol–water partition coefficient (Wildman–Crippen LogP) is 2.61. The monoisotopic (exact) mass is 292 g/mol. The van der Waals surface area contributed by atoms with Crippen molar-refractivity contribution in [2.75, 3.05) is 26.2 Å². The highest BCUT2D eigenvalue weighted by molar-refractivity contribution is 5.78. The van der Waals surface area contributed by atoms with E-state index >= 15 is 0 Å². The van der Waals surface area contributed by atoms with E-state index in [-0.39, 0.29) is 18.1 Å². The molecule has 1 aromatic rings. The molecular formula is C17H25FN2O. The third-order valence-electron chi connectivity index (χ3n) is 3.97. The Balaban J connectivity index is 1.94. The molecule has 1 atom stereocenters. The summed E-state index contributed by atoms with van der Waals surface area (Å²) in [6, 6.07) is 6.33. The minimum atomic E-state index is -0.279. The molecule has 0 bridgehead atoms. The van der Waals surface area contributed by atoms with Gasteiger partial charge in [0.1, 0.15) is 5.82 Å². The van der Waals surface area contributed by atoms with Crippen molar-refractivity contribution in [2.45, 2.75) is 32.6 Å². The van der Waals surface area contributed by atoms with E-state index in [2.05, 4.69) is 12.2 Å². The number of nitrogens with one attached hydrogen (secondary N) is 1. The summed E-state index contributed by atoms with van der Waals surface area (Å²) < 4.78 is 13.2. The maximum Gasteiger partial charge on any atom is 0.227 e. The second-order valence-electron chi connectivity index (χ2n) is 5.86. The van der Waals surface area contributed by atoms with Gasteiger partial charge >= 0.3 is 0 Å². The standard InChI is InChI=1S/C17H25FN2O/c1-2-9-20(13-15-6-4-8-19-12-15)17(21)11-14-5-3-7-16(18)10-14/h3,5,7,10,15,19H,2,4,6,8-9,11-13H2,1H3. The summed E-state index contributed by atoms with van der Waals surface area (Å²) >= 11 is 0. The summed E-state index contributed by atoms with van der Waals surface area (Å²) in [5, 5.41) is 3.39. The second kappa shape index (κ2) is 8.13.